The third-order valence-electron chi connectivity index (χ3n) is 21.0. The maximum absolute atomic E-state index is 6.40. The quantitative estimate of drug-likeness (QED) is 0.0656. The summed E-state index contributed by atoms with van der Waals surface area (Å²) < 4.78 is 15.3. The van der Waals surface area contributed by atoms with Crippen LogP contribution in [-0.2, 0) is 61.5 Å². The predicted octanol–water partition coefficient (Wildman–Crippen LogP) is 21.4. The van der Waals surface area contributed by atoms with E-state index in [1.807, 2.05) is 6.07 Å². The molecule has 0 atom stereocenters. The summed E-state index contributed by atoms with van der Waals surface area (Å²) in [5, 5.41) is 10.8. The molecule has 102 heavy (non-hydrogen) atoms. The van der Waals surface area contributed by atoms with Crippen LogP contribution < -0.4 is 37.3 Å². The number of hydrogen-bond donors (Lipinski definition) is 0. The number of fused-ring (bicyclic) bond motifs is 8. The zero-order valence-corrected chi connectivity index (χ0v) is 68.3. The standard InChI is InChI=1S/C30H32BNO2S.C24H20NS.2C18H15P.2Au.BrH/c1-7-30(8-2)23-17-19(27-32-25-11-9-10-12-26(25)35-27)13-15-21(23)22-16-14-20(18-24(22)30)31-33-28(3,4)29(5,6)34-31;1-3-24(4-2)19-10-6-5-9-17(19)18-14-13-16(15-20(18)24)23-25-21-11-7-8-12-22(21)26-23;2*1-4-10-16(11-5-1)19(17-12-6-2-7-13-17)18-14-8-3-9-15-18;;;/h9-18H,7-8H2,1-6H3;5,7-15H,3-4H2,1-2H3;2*1-15H;;;1H/q;-1;;;2*+1;/p+1. The molecule has 14 aromatic rings. The topological polar surface area (TPSA) is 44.2 Å². The Morgan fingerprint density at radius 3 is 1.03 bits per heavy atom. The first-order valence-corrected chi connectivity index (χ1v) is 44.4. The van der Waals surface area contributed by atoms with E-state index >= 15 is 0 Å². The van der Waals surface area contributed by atoms with Crippen LogP contribution in [0.4, 0.5) is 0 Å². The SMILES string of the molecule is CCC1(CC)c2c[c-]ccc2-c2ccc(-c3nc4ccccc4s3)cc21.CCC1(CC)c2cc(B3OC(C)(C)C(C)(C)O3)ccc2-c2ccc(-c3nc4ccccc4s3)cc21.[Au+].[Br][Au].c1ccc([PH+](c2ccccc2)c2ccccc2)cc1.c1ccc([PH+](c2ccccc2)c2ccccc2)cc1. The van der Waals surface area contributed by atoms with Gasteiger partial charge in [-0.1, -0.05) is 216 Å². The van der Waals surface area contributed by atoms with E-state index < -0.39 is 15.8 Å². The van der Waals surface area contributed by atoms with E-state index in [1.54, 1.807) is 22.7 Å². The van der Waals surface area contributed by atoms with Crippen LogP contribution in [0.15, 0.2) is 303 Å². The predicted molar refractivity (Wildman–Crippen MR) is 440 cm³/mol. The van der Waals surface area contributed by atoms with Gasteiger partial charge in [0.05, 0.1) is 47.5 Å². The average Bonchev–Trinajstić information content (AvgIpc) is 1.58. The van der Waals surface area contributed by atoms with Crippen molar-refractivity contribution in [2.24, 2.45) is 0 Å². The molecule has 1 saturated heterocycles. The summed E-state index contributed by atoms with van der Waals surface area (Å²) in [6, 6.07) is 112. The molecule has 518 valence electrons. The minimum Gasteiger partial charge on any atom is -0.0620 e. The van der Waals surface area contributed by atoms with Gasteiger partial charge in [-0.25, -0.2) is 9.97 Å². The number of rotatable bonds is 13. The van der Waals surface area contributed by atoms with E-state index in [-0.39, 0.29) is 51.5 Å². The van der Waals surface area contributed by atoms with Crippen molar-refractivity contribution in [3.63, 3.8) is 0 Å². The largest absolute Gasteiger partial charge is 0.102 e. The fourth-order valence-electron chi connectivity index (χ4n) is 14.9. The zero-order chi connectivity index (χ0) is 70.1. The minimum absolute atomic E-state index is 0. The van der Waals surface area contributed by atoms with Gasteiger partial charge < -0.3 is 9.31 Å². The summed E-state index contributed by atoms with van der Waals surface area (Å²) in [6.45, 7) is 17.7. The molecule has 0 radical (unpaired) electrons. The van der Waals surface area contributed by atoms with Gasteiger partial charge in [-0.15, -0.1) is 33.8 Å². The summed E-state index contributed by atoms with van der Waals surface area (Å²) >= 11 is 8.52. The molecule has 17 rings (SSSR count). The first kappa shape index (κ1) is 74.9. The summed E-state index contributed by atoms with van der Waals surface area (Å²) in [5.74, 6) is 0. The zero-order valence-electron chi connectivity index (χ0n) is 58.8. The minimum atomic E-state index is -0.877. The maximum Gasteiger partial charge on any atom is 0.102 e. The average molecular weight is 1840 g/mol. The number of aromatic nitrogens is 2. The van der Waals surface area contributed by atoms with Crippen molar-refractivity contribution in [2.75, 3.05) is 0 Å². The normalized spacial score (nSPS) is 14.3. The third-order valence-corrected chi connectivity index (χ3v) is 28.6. The van der Waals surface area contributed by atoms with Crippen LogP contribution in [0.2, 0.25) is 0 Å². The summed E-state index contributed by atoms with van der Waals surface area (Å²) in [5.41, 5.74) is 16.2. The Kier molecular flexibility index (Phi) is 24.6. The monoisotopic (exact) mass is 1830 g/mol. The van der Waals surface area contributed by atoms with Gasteiger partial charge in [0.2, 0.25) is 0 Å². The fraction of sp³-hybridized carbons (Fsp3) is 0.178. The molecule has 0 saturated carbocycles. The van der Waals surface area contributed by atoms with Gasteiger partial charge in [0.15, 0.2) is 0 Å². The molecule has 0 bridgehead atoms. The molecule has 1 aliphatic heterocycles. The van der Waals surface area contributed by atoms with Crippen molar-refractivity contribution in [3.05, 3.63) is 332 Å². The molecular formula is C90H84Au2BBrN2O2P2S2+2. The van der Waals surface area contributed by atoms with E-state index in [9.17, 15) is 0 Å². The summed E-state index contributed by atoms with van der Waals surface area (Å²) in [6.07, 6.45) is 4.29. The molecule has 0 unspecified atom stereocenters. The van der Waals surface area contributed by atoms with E-state index in [4.69, 9.17) is 19.3 Å². The van der Waals surface area contributed by atoms with Crippen LogP contribution in [-0.4, -0.2) is 28.3 Å². The van der Waals surface area contributed by atoms with Gasteiger partial charge >= 0.3 is 61.5 Å². The first-order valence-electron chi connectivity index (χ1n) is 35.1. The van der Waals surface area contributed by atoms with Crippen molar-refractivity contribution >= 4 is 116 Å². The Bertz CT molecular complexity index is 4690. The Morgan fingerprint density at radius 1 is 0.382 bits per heavy atom. The molecule has 2 aliphatic carbocycles. The molecule has 4 nitrogen and oxygen atoms in total. The van der Waals surface area contributed by atoms with Crippen molar-refractivity contribution in [3.8, 4) is 43.4 Å². The van der Waals surface area contributed by atoms with Crippen LogP contribution in [0.1, 0.15) is 103 Å². The van der Waals surface area contributed by atoms with Crippen molar-refractivity contribution < 1.29 is 50.6 Å². The maximum atomic E-state index is 6.40. The van der Waals surface area contributed by atoms with Gasteiger partial charge in [-0.05, 0) is 194 Å². The molecule has 2 aromatic heterocycles. The van der Waals surface area contributed by atoms with Gasteiger partial charge in [0.25, 0.3) is 0 Å². The fourth-order valence-corrected chi connectivity index (χ4v) is 22.0. The van der Waals surface area contributed by atoms with Crippen LogP contribution in [0.5, 0.6) is 0 Å². The van der Waals surface area contributed by atoms with Crippen molar-refractivity contribution in [1.29, 1.82) is 0 Å². The molecular weight excluding hydrogens is 1750 g/mol. The molecule has 1 fully saturated rings. The number of thiazole rings is 2. The van der Waals surface area contributed by atoms with Gasteiger partial charge in [0, 0.05) is 16.5 Å². The summed E-state index contributed by atoms with van der Waals surface area (Å²) in [4.78, 5) is 9.81. The summed E-state index contributed by atoms with van der Waals surface area (Å²) in [7, 11) is -2.10. The molecule has 0 amide bonds. The molecule has 12 heteroatoms. The number of para-hydroxylation sites is 2. The number of halogens is 1. The Morgan fingerprint density at radius 2 is 0.686 bits per heavy atom. The van der Waals surface area contributed by atoms with E-state index in [2.05, 4.69) is 391 Å². The Balaban J connectivity index is 0.000000131. The molecule has 12 aromatic carbocycles. The Labute approximate surface area is 648 Å². The second-order valence-corrected chi connectivity index (χ2v) is 33.9. The van der Waals surface area contributed by atoms with Crippen molar-refractivity contribution in [1.82, 2.24) is 9.97 Å². The van der Waals surface area contributed by atoms with Crippen LogP contribution >= 0.6 is 51.5 Å². The number of nitrogens with zero attached hydrogens (tertiary/aromatic N) is 2. The first-order chi connectivity index (χ1) is 49.4. The van der Waals surface area contributed by atoms with Crippen molar-refractivity contribution in [2.45, 2.75) is 103 Å². The van der Waals surface area contributed by atoms with E-state index in [0.717, 1.165) is 52.2 Å². The Hall–Kier alpha value is -6.77. The molecule has 0 N–H and O–H groups in total. The smallest absolute Gasteiger partial charge is 0.0620 e. The third kappa shape index (κ3) is 15.2. The molecule has 3 aliphatic rings. The molecule has 3 heterocycles. The number of benzene rings is 12. The van der Waals surface area contributed by atoms with Gasteiger partial charge in [-0.2, -0.15) is 24.3 Å². The van der Waals surface area contributed by atoms with E-state index in [1.165, 1.54) is 96.9 Å². The molecule has 0 spiro atoms. The second-order valence-electron chi connectivity index (χ2n) is 26.9. The number of hydrogen-bond acceptors (Lipinski definition) is 6. The second kappa shape index (κ2) is 33.6. The van der Waals surface area contributed by atoms with E-state index in [0.29, 0.717) is 0 Å². The van der Waals surface area contributed by atoms with Gasteiger partial charge in [-0.3, -0.25) is 0 Å². The van der Waals surface area contributed by atoms with Gasteiger partial charge in [0.1, 0.15) is 41.8 Å². The van der Waals surface area contributed by atoms with Crippen LogP contribution in [0.25, 0.3) is 63.8 Å². The van der Waals surface area contributed by atoms with Crippen LogP contribution in [0.3, 0.4) is 0 Å². The van der Waals surface area contributed by atoms with Crippen LogP contribution in [0, 0.1) is 6.07 Å².